The highest BCUT2D eigenvalue weighted by atomic mass is 32.2. The summed E-state index contributed by atoms with van der Waals surface area (Å²) in [6.45, 7) is 5.02. The molecule has 8 N–H and O–H groups in total. The Labute approximate surface area is 212 Å². The first-order valence-corrected chi connectivity index (χ1v) is 12.9. The summed E-state index contributed by atoms with van der Waals surface area (Å²) in [6, 6.07) is -0.861. The number of aliphatic carboxylic acids is 1. The maximum Gasteiger partial charge on any atom is 0.353 e. The average Bonchev–Trinajstić information content (AvgIpc) is 3.31. The molecule has 0 aliphatic carbocycles. The van der Waals surface area contributed by atoms with E-state index in [0.29, 0.717) is 31.0 Å². The van der Waals surface area contributed by atoms with Crippen LogP contribution in [0.3, 0.4) is 0 Å². The van der Waals surface area contributed by atoms with Gasteiger partial charge in [-0.2, -0.15) is 0 Å². The van der Waals surface area contributed by atoms with Crippen LogP contribution in [0, 0.1) is 11.8 Å². The number of aliphatic imine (C=N–C) groups is 1. The van der Waals surface area contributed by atoms with E-state index in [9.17, 15) is 29.4 Å². The fraction of sp³-hybridized carbons (Fsp3) is 0.682. The molecule has 0 aromatic carbocycles. The van der Waals surface area contributed by atoms with Gasteiger partial charge in [0.2, 0.25) is 17.7 Å². The summed E-state index contributed by atoms with van der Waals surface area (Å²) in [6.07, 6.45) is -0.157. The third kappa shape index (κ3) is 4.89. The molecule has 3 amide bonds. The van der Waals surface area contributed by atoms with E-state index in [0.717, 1.165) is 0 Å². The fourth-order valence-corrected chi connectivity index (χ4v) is 6.87. The molecular weight excluding hydrogens is 490 g/mol. The number of aliphatic hydroxyl groups excluding tert-OH is 1. The van der Waals surface area contributed by atoms with Crippen molar-refractivity contribution >= 4 is 41.4 Å². The average molecular weight is 524 g/mol. The first kappa shape index (κ1) is 26.2. The number of carbonyl (C=O) groups is 4. The number of carbonyl (C=O) groups excluding carboxylic acids is 3. The van der Waals surface area contributed by atoms with Gasteiger partial charge in [0, 0.05) is 42.1 Å². The highest BCUT2D eigenvalue weighted by Crippen LogP contribution is 2.51. The van der Waals surface area contributed by atoms with Gasteiger partial charge in [0.15, 0.2) is 5.96 Å². The predicted molar refractivity (Wildman–Crippen MR) is 131 cm³/mol. The number of hydrogen-bond acceptors (Lipinski definition) is 8. The van der Waals surface area contributed by atoms with Crippen molar-refractivity contribution in [1.29, 1.82) is 0 Å². The fourth-order valence-electron chi connectivity index (χ4n) is 5.40. The van der Waals surface area contributed by atoms with E-state index in [-0.39, 0.29) is 65.6 Å². The van der Waals surface area contributed by atoms with Gasteiger partial charge in [-0.25, -0.2) is 4.79 Å². The molecule has 198 valence electrons. The number of fused-ring (bicyclic) bond motifs is 1. The molecule has 4 rings (SSSR count). The molecule has 0 saturated carbocycles. The largest absolute Gasteiger partial charge is 0.477 e. The summed E-state index contributed by atoms with van der Waals surface area (Å²) in [5.74, 6) is -2.62. The van der Waals surface area contributed by atoms with Crippen LogP contribution in [0.5, 0.6) is 0 Å². The van der Waals surface area contributed by atoms with Crippen molar-refractivity contribution in [2.45, 2.75) is 56.2 Å². The number of aliphatic hydroxyl groups is 1. The van der Waals surface area contributed by atoms with Crippen LogP contribution in [0.25, 0.3) is 0 Å². The lowest BCUT2D eigenvalue weighted by molar-refractivity contribution is -0.163. The molecule has 4 aliphatic rings. The topological polar surface area (TPSA) is 204 Å². The minimum Gasteiger partial charge on any atom is -0.477 e. The van der Waals surface area contributed by atoms with Gasteiger partial charge in [0.25, 0.3) is 0 Å². The number of carboxylic acids is 1. The number of thioether (sulfide) groups is 1. The number of β-lactam (4-membered cyclic amide) rings is 1. The van der Waals surface area contributed by atoms with Crippen molar-refractivity contribution in [3.8, 4) is 0 Å². The number of nitrogens with zero attached hydrogens (tertiary/aromatic N) is 3. The van der Waals surface area contributed by atoms with Gasteiger partial charge in [0.05, 0.1) is 36.7 Å². The monoisotopic (exact) mass is 523 g/mol. The Kier molecular flexibility index (Phi) is 7.48. The summed E-state index contributed by atoms with van der Waals surface area (Å²) in [4.78, 5) is 56.7. The summed E-state index contributed by atoms with van der Waals surface area (Å²) < 4.78 is 0. The second-order valence-corrected chi connectivity index (χ2v) is 11.1. The van der Waals surface area contributed by atoms with Crippen molar-refractivity contribution < 1.29 is 29.4 Å². The summed E-state index contributed by atoms with van der Waals surface area (Å²) in [7, 11) is 0. The van der Waals surface area contributed by atoms with Crippen LogP contribution in [0.15, 0.2) is 15.6 Å². The highest BCUT2D eigenvalue weighted by molar-refractivity contribution is 8.03. The summed E-state index contributed by atoms with van der Waals surface area (Å²) in [5, 5.41) is 25.8. The second-order valence-electron chi connectivity index (χ2n) is 9.77. The second kappa shape index (κ2) is 10.3. The molecule has 0 spiro atoms. The maximum atomic E-state index is 12.9. The first-order chi connectivity index (χ1) is 17.0. The van der Waals surface area contributed by atoms with E-state index in [1.807, 2.05) is 6.92 Å². The van der Waals surface area contributed by atoms with Crippen LogP contribution in [0.1, 0.15) is 26.7 Å². The standard InChI is InChI=1S/C22H33N7O6S/c1-9-16-15(10(2)30)20(33)29(16)17(21(34)35)18(9)36-12-5-13(26-6-12)19(32)28-7-11(8-28)27-14(31)3-4-25-22(23)24/h9-13,15-16,26,30H,3-8H2,1-2H3,(H,27,31)(H,34,35)(H4,23,24,25)/t9?,10?,12?,13?,15?,16-/m0/s1. The zero-order valence-corrected chi connectivity index (χ0v) is 21.0. The van der Waals surface area contributed by atoms with E-state index >= 15 is 0 Å². The van der Waals surface area contributed by atoms with Crippen molar-refractivity contribution in [2.75, 3.05) is 26.2 Å². The lowest BCUT2D eigenvalue weighted by atomic mass is 9.79. The quantitative estimate of drug-likeness (QED) is 0.107. The van der Waals surface area contributed by atoms with Crippen LogP contribution < -0.4 is 22.1 Å². The lowest BCUT2D eigenvalue weighted by Gasteiger charge is -2.46. The Bertz CT molecular complexity index is 1010. The van der Waals surface area contributed by atoms with E-state index in [4.69, 9.17) is 11.5 Å². The van der Waals surface area contributed by atoms with Crippen molar-refractivity contribution in [1.82, 2.24) is 20.4 Å². The minimum absolute atomic E-state index is 0.00431. The molecule has 0 aromatic rings. The van der Waals surface area contributed by atoms with E-state index < -0.39 is 24.0 Å². The number of nitrogens with one attached hydrogen (secondary N) is 2. The number of rotatable bonds is 9. The van der Waals surface area contributed by atoms with Gasteiger partial charge in [0.1, 0.15) is 5.70 Å². The Morgan fingerprint density at radius 3 is 2.61 bits per heavy atom. The predicted octanol–water partition coefficient (Wildman–Crippen LogP) is -2.41. The number of carboxylic acid groups (broad SMARTS) is 1. The molecule has 14 heteroatoms. The number of amides is 3. The molecule has 36 heavy (non-hydrogen) atoms. The van der Waals surface area contributed by atoms with Crippen LogP contribution >= 0.6 is 11.8 Å². The molecule has 5 unspecified atom stereocenters. The molecule has 4 heterocycles. The zero-order chi connectivity index (χ0) is 26.3. The van der Waals surface area contributed by atoms with Gasteiger partial charge in [-0.05, 0) is 13.3 Å². The van der Waals surface area contributed by atoms with Gasteiger partial charge in [-0.15, -0.1) is 11.8 Å². The molecule has 6 atom stereocenters. The van der Waals surface area contributed by atoms with Gasteiger partial charge in [-0.3, -0.25) is 19.4 Å². The Morgan fingerprint density at radius 1 is 1.31 bits per heavy atom. The molecule has 3 fully saturated rings. The van der Waals surface area contributed by atoms with Crippen LogP contribution in [0.2, 0.25) is 0 Å². The van der Waals surface area contributed by atoms with Crippen molar-refractivity contribution in [3.63, 3.8) is 0 Å². The highest BCUT2D eigenvalue weighted by Gasteiger charge is 2.60. The van der Waals surface area contributed by atoms with Gasteiger partial charge < -0.3 is 42.1 Å². The lowest BCUT2D eigenvalue weighted by Crippen LogP contribution is -2.63. The maximum absolute atomic E-state index is 12.9. The number of nitrogens with two attached hydrogens (primary N) is 2. The number of hydrogen-bond donors (Lipinski definition) is 6. The van der Waals surface area contributed by atoms with Crippen LogP contribution in [0.4, 0.5) is 0 Å². The van der Waals surface area contributed by atoms with Gasteiger partial charge >= 0.3 is 5.97 Å². The van der Waals surface area contributed by atoms with Crippen molar-refractivity contribution in [3.05, 3.63) is 10.6 Å². The molecular formula is C22H33N7O6S. The van der Waals surface area contributed by atoms with Gasteiger partial charge in [-0.1, -0.05) is 6.92 Å². The van der Waals surface area contributed by atoms with E-state index in [2.05, 4.69) is 15.6 Å². The first-order valence-electron chi connectivity index (χ1n) is 12.0. The van der Waals surface area contributed by atoms with E-state index in [1.165, 1.54) is 16.7 Å². The number of guanidine groups is 1. The molecule has 0 radical (unpaired) electrons. The molecule has 13 nitrogen and oxygen atoms in total. The van der Waals surface area contributed by atoms with Crippen LogP contribution in [-0.4, -0.2) is 105 Å². The smallest absolute Gasteiger partial charge is 0.353 e. The minimum atomic E-state index is -1.16. The third-order valence-electron chi connectivity index (χ3n) is 7.18. The summed E-state index contributed by atoms with van der Waals surface area (Å²) >= 11 is 1.40. The Balaban J connectivity index is 1.28. The Morgan fingerprint density at radius 2 is 2.00 bits per heavy atom. The SMILES string of the molecule is CC(O)C1C(=O)N2C(C(=O)O)=C(SC3CNC(C(=O)N4CC(NC(=O)CCN=C(N)N)C4)C3)C(C)[C@@H]12. The molecule has 0 bridgehead atoms. The third-order valence-corrected chi connectivity index (χ3v) is 8.70. The zero-order valence-electron chi connectivity index (χ0n) is 20.2. The Hall–Kier alpha value is -2.84. The molecule has 3 saturated heterocycles. The number of likely N-dealkylation sites (tertiary alicyclic amines) is 1. The normalized spacial score (nSPS) is 30.4. The van der Waals surface area contributed by atoms with Crippen LogP contribution in [-0.2, 0) is 19.2 Å². The summed E-state index contributed by atoms with van der Waals surface area (Å²) in [5.41, 5.74) is 10.5. The molecule has 4 aliphatic heterocycles. The molecule has 0 aromatic heterocycles. The van der Waals surface area contributed by atoms with E-state index in [1.54, 1.807) is 11.8 Å². The van der Waals surface area contributed by atoms with Crippen molar-refractivity contribution in [2.24, 2.45) is 28.3 Å².